The van der Waals surface area contributed by atoms with Crippen LogP contribution in [0.25, 0.3) is 11.0 Å². The van der Waals surface area contributed by atoms with Crippen molar-refractivity contribution in [3.8, 4) is 5.75 Å². The summed E-state index contributed by atoms with van der Waals surface area (Å²) in [6.07, 6.45) is 1.99. The normalized spacial score (nSPS) is 10.8. The van der Waals surface area contributed by atoms with Crippen molar-refractivity contribution in [3.05, 3.63) is 52.4 Å². The third-order valence-corrected chi connectivity index (χ3v) is 4.46. The molecule has 5 heteroatoms. The van der Waals surface area contributed by atoms with Crippen LogP contribution < -0.4 is 4.74 Å². The topological polar surface area (TPSA) is 42.7 Å². The van der Waals surface area contributed by atoms with E-state index in [-0.39, 0.29) is 5.91 Å². The molecule has 0 unspecified atom stereocenters. The smallest absolute Gasteiger partial charge is 0.227 e. The van der Waals surface area contributed by atoms with Crippen LogP contribution in [-0.4, -0.2) is 25.0 Å². The quantitative estimate of drug-likeness (QED) is 0.721. The first-order chi connectivity index (χ1) is 10.7. The third kappa shape index (κ3) is 2.99. The van der Waals surface area contributed by atoms with Crippen molar-refractivity contribution in [2.45, 2.75) is 13.0 Å². The van der Waals surface area contributed by atoms with E-state index in [2.05, 4.69) is 0 Å². The highest BCUT2D eigenvalue weighted by Gasteiger charge is 2.15. The Kier molecular flexibility index (Phi) is 4.15. The maximum absolute atomic E-state index is 12.4. The van der Waals surface area contributed by atoms with Gasteiger partial charge in [-0.15, -0.1) is 11.3 Å². The van der Waals surface area contributed by atoms with Crippen molar-refractivity contribution in [1.82, 2.24) is 4.90 Å². The molecule has 2 heterocycles. The molecule has 0 saturated carbocycles. The number of likely N-dealkylation sites (N-methyl/N-ethyl adjacent to an activating group) is 1. The molecule has 0 fully saturated rings. The molecule has 3 rings (SSSR count). The van der Waals surface area contributed by atoms with Crippen LogP contribution in [0.15, 0.2) is 46.4 Å². The molecule has 0 bridgehead atoms. The van der Waals surface area contributed by atoms with E-state index in [0.29, 0.717) is 13.0 Å². The average molecular weight is 315 g/mol. The summed E-state index contributed by atoms with van der Waals surface area (Å²) in [7, 11) is 3.45. The summed E-state index contributed by atoms with van der Waals surface area (Å²) in [5.41, 5.74) is 1.64. The Bertz CT molecular complexity index is 776. The first kappa shape index (κ1) is 14.7. The summed E-state index contributed by atoms with van der Waals surface area (Å²) in [5.74, 6) is 0.821. The van der Waals surface area contributed by atoms with Crippen LogP contribution in [0.4, 0.5) is 0 Å². The van der Waals surface area contributed by atoms with Gasteiger partial charge in [-0.1, -0.05) is 6.07 Å². The lowest BCUT2D eigenvalue weighted by Crippen LogP contribution is -2.27. The number of carbonyl (C=O) groups excluding carboxylic acids is 1. The van der Waals surface area contributed by atoms with Gasteiger partial charge in [0.1, 0.15) is 11.3 Å². The molecule has 1 aromatic carbocycles. The molecular weight excluding hydrogens is 298 g/mol. The van der Waals surface area contributed by atoms with Gasteiger partial charge in [0.2, 0.25) is 5.91 Å². The summed E-state index contributed by atoms with van der Waals surface area (Å²) in [5, 5.41) is 2.98. The Labute approximate surface area is 132 Å². The van der Waals surface area contributed by atoms with Crippen molar-refractivity contribution in [2.24, 2.45) is 0 Å². The second kappa shape index (κ2) is 6.23. The summed E-state index contributed by atoms with van der Waals surface area (Å²) in [6, 6.07) is 9.67. The van der Waals surface area contributed by atoms with Crippen molar-refractivity contribution in [3.63, 3.8) is 0 Å². The minimum absolute atomic E-state index is 0.0759. The number of hydrogen-bond acceptors (Lipinski definition) is 4. The van der Waals surface area contributed by atoms with Gasteiger partial charge in [0.25, 0.3) is 0 Å². The van der Waals surface area contributed by atoms with Gasteiger partial charge < -0.3 is 14.1 Å². The molecule has 3 aromatic rings. The molecule has 0 atom stereocenters. The summed E-state index contributed by atoms with van der Waals surface area (Å²) < 4.78 is 10.7. The largest absolute Gasteiger partial charge is 0.497 e. The molecule has 0 saturated heterocycles. The predicted octanol–water partition coefficient (Wildman–Crippen LogP) is 3.70. The van der Waals surface area contributed by atoms with Crippen LogP contribution in [0, 0.1) is 0 Å². The van der Waals surface area contributed by atoms with Crippen LogP contribution in [0.2, 0.25) is 0 Å². The third-order valence-electron chi connectivity index (χ3n) is 3.60. The first-order valence-electron chi connectivity index (χ1n) is 6.98. The van der Waals surface area contributed by atoms with Gasteiger partial charge in [-0.2, -0.15) is 0 Å². The summed E-state index contributed by atoms with van der Waals surface area (Å²) in [6.45, 7) is 0.639. The maximum Gasteiger partial charge on any atom is 0.227 e. The highest BCUT2D eigenvalue weighted by molar-refractivity contribution is 7.09. The molecule has 0 aliphatic rings. The number of hydrogen-bond donors (Lipinski definition) is 0. The number of furan rings is 1. The van der Waals surface area contributed by atoms with Crippen LogP contribution >= 0.6 is 11.3 Å². The van der Waals surface area contributed by atoms with Gasteiger partial charge in [0, 0.05) is 28.9 Å². The second-order valence-electron chi connectivity index (χ2n) is 5.13. The van der Waals surface area contributed by atoms with Crippen LogP contribution in [0.1, 0.15) is 10.4 Å². The van der Waals surface area contributed by atoms with Crippen LogP contribution in [0.5, 0.6) is 5.75 Å². The molecule has 4 nitrogen and oxygen atoms in total. The number of fused-ring (bicyclic) bond motifs is 1. The Hall–Kier alpha value is -2.27. The Morgan fingerprint density at radius 3 is 2.95 bits per heavy atom. The Morgan fingerprint density at radius 2 is 2.23 bits per heavy atom. The van der Waals surface area contributed by atoms with Gasteiger partial charge in [-0.3, -0.25) is 4.79 Å². The van der Waals surface area contributed by atoms with E-state index in [1.165, 1.54) is 4.88 Å². The number of nitrogens with zero attached hydrogens (tertiary/aromatic N) is 1. The van der Waals surface area contributed by atoms with E-state index >= 15 is 0 Å². The minimum atomic E-state index is 0.0759. The van der Waals surface area contributed by atoms with Gasteiger partial charge in [0.05, 0.1) is 26.3 Å². The average Bonchev–Trinajstić information content (AvgIpc) is 3.16. The number of rotatable bonds is 5. The second-order valence-corrected chi connectivity index (χ2v) is 6.16. The summed E-state index contributed by atoms with van der Waals surface area (Å²) in [4.78, 5) is 15.3. The highest BCUT2D eigenvalue weighted by atomic mass is 32.1. The number of methoxy groups -OCH3 is 1. The van der Waals surface area contributed by atoms with Crippen molar-refractivity contribution < 1.29 is 13.9 Å². The lowest BCUT2D eigenvalue weighted by atomic mass is 10.1. The lowest BCUT2D eigenvalue weighted by molar-refractivity contribution is -0.129. The predicted molar refractivity (Wildman–Crippen MR) is 87.3 cm³/mol. The first-order valence-corrected chi connectivity index (χ1v) is 7.86. The molecular formula is C17H17NO3S. The number of ether oxygens (including phenoxy) is 1. The monoisotopic (exact) mass is 315 g/mol. The fraction of sp³-hybridized carbons (Fsp3) is 0.235. The fourth-order valence-electron chi connectivity index (χ4n) is 2.35. The molecule has 22 heavy (non-hydrogen) atoms. The fourth-order valence-corrected chi connectivity index (χ4v) is 3.11. The lowest BCUT2D eigenvalue weighted by Gasteiger charge is -2.15. The zero-order chi connectivity index (χ0) is 15.5. The van der Waals surface area contributed by atoms with E-state index in [4.69, 9.17) is 9.15 Å². The van der Waals surface area contributed by atoms with E-state index in [9.17, 15) is 4.79 Å². The Morgan fingerprint density at radius 1 is 1.36 bits per heavy atom. The van der Waals surface area contributed by atoms with Crippen LogP contribution in [-0.2, 0) is 17.8 Å². The highest BCUT2D eigenvalue weighted by Crippen LogP contribution is 2.26. The molecule has 0 aliphatic heterocycles. The van der Waals surface area contributed by atoms with E-state index < -0.39 is 0 Å². The number of carbonyl (C=O) groups is 1. The van der Waals surface area contributed by atoms with Crippen LogP contribution in [0.3, 0.4) is 0 Å². The molecule has 1 amide bonds. The van der Waals surface area contributed by atoms with Gasteiger partial charge in [-0.05, 0) is 23.6 Å². The van der Waals surface area contributed by atoms with Crippen molar-refractivity contribution >= 4 is 28.2 Å². The number of benzene rings is 1. The molecule has 2 aromatic heterocycles. The van der Waals surface area contributed by atoms with Gasteiger partial charge in [0.15, 0.2) is 0 Å². The zero-order valence-electron chi connectivity index (χ0n) is 12.5. The van der Waals surface area contributed by atoms with Crippen molar-refractivity contribution in [2.75, 3.05) is 14.2 Å². The zero-order valence-corrected chi connectivity index (χ0v) is 13.4. The molecule has 0 aliphatic carbocycles. The van der Waals surface area contributed by atoms with E-state index in [1.54, 1.807) is 29.6 Å². The molecule has 0 spiro atoms. The van der Waals surface area contributed by atoms with Gasteiger partial charge >= 0.3 is 0 Å². The SMILES string of the molecule is COc1ccc2c(CC(=O)N(C)Cc3cccs3)coc2c1. The number of amides is 1. The maximum atomic E-state index is 12.4. The number of thiophene rings is 1. The minimum Gasteiger partial charge on any atom is -0.497 e. The summed E-state index contributed by atoms with van der Waals surface area (Å²) >= 11 is 1.66. The standard InChI is InChI=1S/C17H17NO3S/c1-18(10-14-4-3-7-22-14)17(19)8-12-11-21-16-9-13(20-2)5-6-15(12)16/h3-7,9,11H,8,10H2,1-2H3. The van der Waals surface area contributed by atoms with Gasteiger partial charge in [-0.25, -0.2) is 0 Å². The molecule has 114 valence electrons. The van der Waals surface area contributed by atoms with E-state index in [1.807, 2.05) is 42.8 Å². The van der Waals surface area contributed by atoms with Crippen molar-refractivity contribution in [1.29, 1.82) is 0 Å². The molecule has 0 N–H and O–H groups in total. The van der Waals surface area contributed by atoms with E-state index in [0.717, 1.165) is 22.3 Å². The molecule has 0 radical (unpaired) electrons. The Balaban J connectivity index is 1.73.